The zero-order valence-electron chi connectivity index (χ0n) is 9.80. The Balaban J connectivity index is 2.68. The molecule has 1 heterocycles. The van der Waals surface area contributed by atoms with E-state index in [1.807, 2.05) is 0 Å². The lowest BCUT2D eigenvalue weighted by Gasteiger charge is -2.24. The molecule has 0 aliphatic heterocycles. The highest BCUT2D eigenvalue weighted by Gasteiger charge is 2.20. The van der Waals surface area contributed by atoms with Gasteiger partial charge in [0, 0.05) is 6.04 Å². The second kappa shape index (κ2) is 5.58. The Morgan fingerprint density at radius 3 is 2.53 bits per heavy atom. The summed E-state index contributed by atoms with van der Waals surface area (Å²) in [7, 11) is 0. The van der Waals surface area contributed by atoms with E-state index in [1.54, 1.807) is 20.8 Å². The maximum atomic E-state index is 11.8. The number of amides is 2. The summed E-state index contributed by atoms with van der Waals surface area (Å²) < 4.78 is 0. The number of carbonyl (C=O) groups is 2. The summed E-state index contributed by atoms with van der Waals surface area (Å²) in [4.78, 5) is 23.6. The Bertz CT molecular complexity index is 418. The van der Waals surface area contributed by atoms with Crippen molar-refractivity contribution in [1.82, 2.24) is 15.1 Å². The molecule has 7 nitrogen and oxygen atoms in total. The second-order valence-electron chi connectivity index (χ2n) is 3.67. The van der Waals surface area contributed by atoms with Crippen LogP contribution in [-0.4, -0.2) is 44.8 Å². The Hall–Kier alpha value is -1.70. The fourth-order valence-corrected chi connectivity index (χ4v) is 1.73. The van der Waals surface area contributed by atoms with Crippen LogP contribution in [0.15, 0.2) is 0 Å². The van der Waals surface area contributed by atoms with E-state index in [9.17, 15) is 9.59 Å². The number of aryl methyl sites for hydroxylation is 1. The molecule has 17 heavy (non-hydrogen) atoms. The lowest BCUT2D eigenvalue weighted by Crippen LogP contribution is -2.43. The number of aromatic nitrogens is 2. The first-order chi connectivity index (χ1) is 7.90. The average molecular weight is 258 g/mol. The molecule has 1 rings (SSSR count). The van der Waals surface area contributed by atoms with E-state index in [0.29, 0.717) is 5.13 Å². The summed E-state index contributed by atoms with van der Waals surface area (Å²) in [5, 5.41) is 19.8. The normalized spacial score (nSPS) is 10.4. The SMILES string of the molecule is Cc1nnc(NC(=O)N(CC(=O)O)C(C)C)s1. The van der Waals surface area contributed by atoms with Gasteiger partial charge in [0.25, 0.3) is 0 Å². The van der Waals surface area contributed by atoms with Crippen molar-refractivity contribution in [3.8, 4) is 0 Å². The van der Waals surface area contributed by atoms with Crippen molar-refractivity contribution >= 4 is 28.5 Å². The van der Waals surface area contributed by atoms with Crippen LogP contribution < -0.4 is 5.32 Å². The summed E-state index contributed by atoms with van der Waals surface area (Å²) in [6, 6.07) is -0.696. The number of hydrogen-bond donors (Lipinski definition) is 2. The van der Waals surface area contributed by atoms with Gasteiger partial charge >= 0.3 is 12.0 Å². The molecule has 94 valence electrons. The molecular formula is C9H14N4O3S. The first kappa shape index (κ1) is 13.4. The van der Waals surface area contributed by atoms with Gasteiger partial charge in [-0.1, -0.05) is 11.3 Å². The summed E-state index contributed by atoms with van der Waals surface area (Å²) in [6.45, 7) is 4.91. The van der Waals surface area contributed by atoms with Gasteiger partial charge in [0.15, 0.2) is 0 Å². The molecule has 2 amide bonds. The van der Waals surface area contributed by atoms with Crippen LogP contribution in [0.1, 0.15) is 18.9 Å². The standard InChI is InChI=1S/C9H14N4O3S/c1-5(2)13(4-7(14)15)9(16)10-8-12-11-6(3)17-8/h5H,4H2,1-3H3,(H,14,15)(H,10,12,16). The number of anilines is 1. The molecule has 8 heteroatoms. The minimum absolute atomic E-state index is 0.208. The number of rotatable bonds is 4. The molecule has 0 saturated carbocycles. The maximum Gasteiger partial charge on any atom is 0.324 e. The predicted molar refractivity (Wildman–Crippen MR) is 63.1 cm³/mol. The van der Waals surface area contributed by atoms with Gasteiger partial charge in [0.2, 0.25) is 5.13 Å². The summed E-state index contributed by atoms with van der Waals surface area (Å²) in [5.41, 5.74) is 0. The van der Waals surface area contributed by atoms with Crippen LogP contribution in [0.5, 0.6) is 0 Å². The first-order valence-electron chi connectivity index (χ1n) is 4.99. The van der Waals surface area contributed by atoms with Crippen molar-refractivity contribution in [2.24, 2.45) is 0 Å². The molecule has 1 aromatic heterocycles. The minimum Gasteiger partial charge on any atom is -0.480 e. The van der Waals surface area contributed by atoms with E-state index >= 15 is 0 Å². The molecule has 0 atom stereocenters. The number of carboxylic acids is 1. The van der Waals surface area contributed by atoms with E-state index in [0.717, 1.165) is 5.01 Å². The van der Waals surface area contributed by atoms with Crippen molar-refractivity contribution in [1.29, 1.82) is 0 Å². The quantitative estimate of drug-likeness (QED) is 0.845. The number of carboxylic acid groups (broad SMARTS) is 1. The molecule has 2 N–H and O–H groups in total. The molecule has 0 radical (unpaired) electrons. The molecule has 0 aliphatic carbocycles. The highest BCUT2D eigenvalue weighted by atomic mass is 32.1. The van der Waals surface area contributed by atoms with Crippen LogP contribution in [0.25, 0.3) is 0 Å². The van der Waals surface area contributed by atoms with Crippen LogP contribution >= 0.6 is 11.3 Å². The van der Waals surface area contributed by atoms with E-state index in [2.05, 4.69) is 15.5 Å². The van der Waals surface area contributed by atoms with Gasteiger partial charge in [0.05, 0.1) is 0 Å². The van der Waals surface area contributed by atoms with Gasteiger partial charge < -0.3 is 10.0 Å². The van der Waals surface area contributed by atoms with Crippen molar-refractivity contribution in [2.45, 2.75) is 26.8 Å². The van der Waals surface area contributed by atoms with Crippen LogP contribution in [-0.2, 0) is 4.79 Å². The number of urea groups is 1. The topological polar surface area (TPSA) is 95.4 Å². The van der Waals surface area contributed by atoms with E-state index in [4.69, 9.17) is 5.11 Å². The lowest BCUT2D eigenvalue weighted by molar-refractivity contribution is -0.137. The molecule has 0 fully saturated rings. The van der Waals surface area contributed by atoms with Crippen LogP contribution in [0.4, 0.5) is 9.93 Å². The summed E-state index contributed by atoms with van der Waals surface area (Å²) in [6.07, 6.45) is 0. The zero-order chi connectivity index (χ0) is 13.0. The second-order valence-corrected chi connectivity index (χ2v) is 4.85. The monoisotopic (exact) mass is 258 g/mol. The van der Waals surface area contributed by atoms with Crippen molar-refractivity contribution in [3.63, 3.8) is 0 Å². The molecule has 0 bridgehead atoms. The van der Waals surface area contributed by atoms with E-state index in [1.165, 1.54) is 16.2 Å². The fourth-order valence-electron chi connectivity index (χ4n) is 1.14. The maximum absolute atomic E-state index is 11.8. The fraction of sp³-hybridized carbons (Fsp3) is 0.556. The van der Waals surface area contributed by atoms with Gasteiger partial charge in [-0.05, 0) is 20.8 Å². The third-order valence-corrected chi connectivity index (χ3v) is 2.68. The minimum atomic E-state index is -1.05. The van der Waals surface area contributed by atoms with Gasteiger partial charge in [-0.15, -0.1) is 10.2 Å². The highest BCUT2D eigenvalue weighted by Crippen LogP contribution is 2.14. The molecule has 0 aromatic carbocycles. The van der Waals surface area contributed by atoms with Gasteiger partial charge in [-0.2, -0.15) is 0 Å². The summed E-state index contributed by atoms with van der Waals surface area (Å²) >= 11 is 1.24. The number of nitrogens with zero attached hydrogens (tertiary/aromatic N) is 3. The molecule has 0 saturated heterocycles. The number of carbonyl (C=O) groups excluding carboxylic acids is 1. The molecule has 0 spiro atoms. The third kappa shape index (κ3) is 3.99. The Morgan fingerprint density at radius 2 is 2.12 bits per heavy atom. The molecular weight excluding hydrogens is 244 g/mol. The van der Waals surface area contributed by atoms with Crippen LogP contribution in [0.2, 0.25) is 0 Å². The zero-order valence-corrected chi connectivity index (χ0v) is 10.6. The van der Waals surface area contributed by atoms with Gasteiger partial charge in [0.1, 0.15) is 11.6 Å². The predicted octanol–water partition coefficient (Wildman–Crippen LogP) is 1.17. The largest absolute Gasteiger partial charge is 0.480 e. The van der Waals surface area contributed by atoms with Gasteiger partial charge in [-0.25, -0.2) is 4.79 Å². The first-order valence-corrected chi connectivity index (χ1v) is 5.81. The highest BCUT2D eigenvalue weighted by molar-refractivity contribution is 7.15. The van der Waals surface area contributed by atoms with Crippen molar-refractivity contribution in [3.05, 3.63) is 5.01 Å². The Labute approximate surface area is 102 Å². The third-order valence-electron chi connectivity index (χ3n) is 1.93. The Morgan fingerprint density at radius 1 is 1.47 bits per heavy atom. The number of aliphatic carboxylic acids is 1. The molecule has 0 unspecified atom stereocenters. The van der Waals surface area contributed by atoms with Crippen molar-refractivity contribution < 1.29 is 14.7 Å². The van der Waals surface area contributed by atoms with E-state index < -0.39 is 12.0 Å². The smallest absolute Gasteiger partial charge is 0.324 e. The Kier molecular flexibility index (Phi) is 4.38. The lowest BCUT2D eigenvalue weighted by atomic mass is 10.3. The van der Waals surface area contributed by atoms with E-state index in [-0.39, 0.29) is 12.6 Å². The average Bonchev–Trinajstić information content (AvgIpc) is 2.59. The molecule has 1 aromatic rings. The van der Waals surface area contributed by atoms with Crippen LogP contribution in [0.3, 0.4) is 0 Å². The van der Waals surface area contributed by atoms with Gasteiger partial charge in [-0.3, -0.25) is 10.1 Å². The van der Waals surface area contributed by atoms with Crippen molar-refractivity contribution in [2.75, 3.05) is 11.9 Å². The molecule has 0 aliphatic rings. The number of hydrogen-bond acceptors (Lipinski definition) is 5. The number of nitrogens with one attached hydrogen (secondary N) is 1. The van der Waals surface area contributed by atoms with Crippen LogP contribution in [0, 0.1) is 6.92 Å². The summed E-state index contributed by atoms with van der Waals surface area (Å²) in [5.74, 6) is -1.05.